The number of alkyl halides is 1. The Labute approximate surface area is 92.9 Å². The largest absolute Gasteiger partial charge is 0.497 e. The number of benzene rings is 1. The predicted molar refractivity (Wildman–Crippen MR) is 59.7 cm³/mol. The smallest absolute Gasteiger partial charge is 0.336 e. The molecule has 0 heterocycles. The van der Waals surface area contributed by atoms with Crippen LogP contribution in [-0.2, 0) is 0 Å². The van der Waals surface area contributed by atoms with Crippen LogP contribution in [0.3, 0.4) is 0 Å². The topological polar surface area (TPSA) is 46.5 Å². The van der Waals surface area contributed by atoms with Gasteiger partial charge in [0.25, 0.3) is 0 Å². The van der Waals surface area contributed by atoms with Crippen LogP contribution in [0.25, 0.3) is 6.08 Å². The van der Waals surface area contributed by atoms with Crippen molar-refractivity contribution in [1.29, 1.82) is 0 Å². The monoisotopic (exact) mass is 226 g/mol. The second kappa shape index (κ2) is 5.41. The second-order valence-electron chi connectivity index (χ2n) is 2.82. The molecule has 3 nitrogen and oxygen atoms in total. The van der Waals surface area contributed by atoms with E-state index in [9.17, 15) is 4.79 Å². The van der Waals surface area contributed by atoms with E-state index in [2.05, 4.69) is 0 Å². The number of methoxy groups -OCH3 is 1. The molecule has 1 aromatic rings. The van der Waals surface area contributed by atoms with Crippen LogP contribution >= 0.6 is 11.6 Å². The van der Waals surface area contributed by atoms with Crippen LogP contribution in [0.4, 0.5) is 0 Å². The molecule has 0 spiro atoms. The average molecular weight is 227 g/mol. The summed E-state index contributed by atoms with van der Waals surface area (Å²) in [5.41, 5.74) is 0.819. The van der Waals surface area contributed by atoms with Crippen molar-refractivity contribution in [3.05, 3.63) is 35.4 Å². The molecular formula is C11H11ClO3. The lowest BCUT2D eigenvalue weighted by Crippen LogP contribution is -2.00. The van der Waals surface area contributed by atoms with Gasteiger partial charge in [-0.1, -0.05) is 18.2 Å². The third-order valence-corrected chi connectivity index (χ3v) is 2.06. The Morgan fingerprint density at radius 1 is 1.60 bits per heavy atom. The van der Waals surface area contributed by atoms with Crippen molar-refractivity contribution in [3.63, 3.8) is 0 Å². The van der Waals surface area contributed by atoms with Gasteiger partial charge in [0.15, 0.2) is 0 Å². The molecule has 4 heteroatoms. The highest BCUT2D eigenvalue weighted by molar-refractivity contribution is 6.19. The minimum atomic E-state index is -0.983. The highest BCUT2D eigenvalue weighted by atomic mass is 35.5. The third kappa shape index (κ3) is 2.99. The van der Waals surface area contributed by atoms with Gasteiger partial charge in [-0.25, -0.2) is 4.79 Å². The molecule has 0 saturated heterocycles. The van der Waals surface area contributed by atoms with Gasteiger partial charge in [-0.2, -0.15) is 0 Å². The van der Waals surface area contributed by atoms with Crippen LogP contribution in [0, 0.1) is 0 Å². The first-order valence-corrected chi connectivity index (χ1v) is 4.86. The van der Waals surface area contributed by atoms with Crippen molar-refractivity contribution in [2.24, 2.45) is 0 Å². The van der Waals surface area contributed by atoms with Gasteiger partial charge in [0.2, 0.25) is 0 Å². The Kier molecular flexibility index (Phi) is 4.18. The first kappa shape index (κ1) is 11.6. The van der Waals surface area contributed by atoms with Gasteiger partial charge in [0.1, 0.15) is 5.75 Å². The quantitative estimate of drug-likeness (QED) is 0.803. The molecule has 0 bridgehead atoms. The van der Waals surface area contributed by atoms with Crippen molar-refractivity contribution in [1.82, 2.24) is 0 Å². The van der Waals surface area contributed by atoms with Crippen LogP contribution in [0.1, 0.15) is 15.9 Å². The summed E-state index contributed by atoms with van der Waals surface area (Å²) in [7, 11) is 1.50. The van der Waals surface area contributed by atoms with Crippen LogP contribution in [0.5, 0.6) is 5.75 Å². The van der Waals surface area contributed by atoms with E-state index >= 15 is 0 Å². The number of carbonyl (C=O) groups is 1. The van der Waals surface area contributed by atoms with Gasteiger partial charge in [-0.15, -0.1) is 11.6 Å². The number of carboxylic acids is 1. The summed E-state index contributed by atoms with van der Waals surface area (Å²) < 4.78 is 4.95. The van der Waals surface area contributed by atoms with Gasteiger partial charge in [0, 0.05) is 5.88 Å². The second-order valence-corrected chi connectivity index (χ2v) is 3.12. The molecule has 1 N–H and O–H groups in total. The van der Waals surface area contributed by atoms with Crippen molar-refractivity contribution in [2.75, 3.05) is 13.0 Å². The molecule has 15 heavy (non-hydrogen) atoms. The van der Waals surface area contributed by atoms with Crippen LogP contribution in [0.15, 0.2) is 24.3 Å². The van der Waals surface area contributed by atoms with E-state index in [1.807, 2.05) is 0 Å². The minimum absolute atomic E-state index is 0.204. The molecule has 0 aromatic heterocycles. The molecule has 0 aliphatic carbocycles. The highest BCUT2D eigenvalue weighted by Gasteiger charge is 2.08. The Hall–Kier alpha value is -1.48. The van der Waals surface area contributed by atoms with Gasteiger partial charge in [-0.3, -0.25) is 0 Å². The molecule has 80 valence electrons. The fourth-order valence-corrected chi connectivity index (χ4v) is 1.25. The number of halogens is 1. The standard InChI is InChI=1S/C11H11ClO3/c1-15-9-5-4-8(3-2-6-12)10(7-9)11(13)14/h2-5,7H,6H2,1H3,(H,13,14). The molecular weight excluding hydrogens is 216 g/mol. The number of rotatable bonds is 4. The molecule has 0 aliphatic rings. The summed E-state index contributed by atoms with van der Waals surface area (Å²) in [6.07, 6.45) is 3.37. The van der Waals surface area contributed by atoms with E-state index in [1.54, 1.807) is 24.3 Å². The number of hydrogen-bond donors (Lipinski definition) is 1. The van der Waals surface area contributed by atoms with Crippen LogP contribution < -0.4 is 4.74 Å². The van der Waals surface area contributed by atoms with E-state index in [-0.39, 0.29) is 5.56 Å². The lowest BCUT2D eigenvalue weighted by atomic mass is 10.1. The van der Waals surface area contributed by atoms with Gasteiger partial charge >= 0.3 is 5.97 Å². The Balaban J connectivity index is 3.15. The molecule has 0 aliphatic heterocycles. The third-order valence-electron chi connectivity index (χ3n) is 1.88. The minimum Gasteiger partial charge on any atom is -0.497 e. The van der Waals surface area contributed by atoms with Crippen molar-refractivity contribution in [3.8, 4) is 5.75 Å². The van der Waals surface area contributed by atoms with Crippen LogP contribution in [0.2, 0.25) is 0 Å². The van der Waals surface area contributed by atoms with Gasteiger partial charge < -0.3 is 9.84 Å². The number of carboxylic acid groups (broad SMARTS) is 1. The zero-order chi connectivity index (χ0) is 11.3. The maximum absolute atomic E-state index is 10.9. The summed E-state index contributed by atoms with van der Waals surface area (Å²) >= 11 is 5.48. The zero-order valence-corrected chi connectivity index (χ0v) is 8.99. The van der Waals surface area contributed by atoms with Crippen molar-refractivity contribution < 1.29 is 14.6 Å². The maximum atomic E-state index is 10.9. The Bertz CT molecular complexity index is 385. The zero-order valence-electron chi connectivity index (χ0n) is 8.24. The molecule has 0 amide bonds. The Morgan fingerprint density at radius 3 is 2.87 bits per heavy atom. The maximum Gasteiger partial charge on any atom is 0.336 e. The van der Waals surface area contributed by atoms with E-state index in [1.165, 1.54) is 13.2 Å². The number of aromatic carboxylic acids is 1. The van der Waals surface area contributed by atoms with Crippen molar-refractivity contribution >= 4 is 23.6 Å². The molecule has 0 atom stereocenters. The van der Waals surface area contributed by atoms with Gasteiger partial charge in [0.05, 0.1) is 12.7 Å². The SMILES string of the molecule is COc1ccc(C=CCCl)c(C(=O)O)c1. The summed E-state index contributed by atoms with van der Waals surface area (Å²) in [4.78, 5) is 10.9. The molecule has 1 rings (SSSR count). The van der Waals surface area contributed by atoms with E-state index in [0.29, 0.717) is 17.2 Å². The van der Waals surface area contributed by atoms with E-state index in [4.69, 9.17) is 21.4 Å². The Morgan fingerprint density at radius 2 is 2.33 bits per heavy atom. The normalized spacial score (nSPS) is 10.5. The molecule has 1 aromatic carbocycles. The summed E-state index contributed by atoms with van der Waals surface area (Å²) in [5, 5.41) is 8.96. The lowest BCUT2D eigenvalue weighted by molar-refractivity contribution is 0.0696. The fourth-order valence-electron chi connectivity index (χ4n) is 1.16. The van der Waals surface area contributed by atoms with E-state index < -0.39 is 5.97 Å². The van der Waals surface area contributed by atoms with Crippen molar-refractivity contribution in [2.45, 2.75) is 0 Å². The molecule has 0 unspecified atom stereocenters. The highest BCUT2D eigenvalue weighted by Crippen LogP contribution is 2.19. The summed E-state index contributed by atoms with van der Waals surface area (Å²) in [6.45, 7) is 0. The van der Waals surface area contributed by atoms with E-state index in [0.717, 1.165) is 0 Å². The predicted octanol–water partition coefficient (Wildman–Crippen LogP) is 2.65. The van der Waals surface area contributed by atoms with Crippen LogP contribution in [-0.4, -0.2) is 24.1 Å². The number of allylic oxidation sites excluding steroid dienone is 1. The average Bonchev–Trinajstić information content (AvgIpc) is 2.26. The van der Waals surface area contributed by atoms with Gasteiger partial charge in [-0.05, 0) is 17.7 Å². The fraction of sp³-hybridized carbons (Fsp3) is 0.182. The first-order valence-electron chi connectivity index (χ1n) is 4.33. The molecule has 0 saturated carbocycles. The molecule has 0 radical (unpaired) electrons. The number of ether oxygens (including phenoxy) is 1. The summed E-state index contributed by atoms with van der Waals surface area (Å²) in [5.74, 6) is -0.107. The molecule has 0 fully saturated rings. The number of hydrogen-bond acceptors (Lipinski definition) is 2. The summed E-state index contributed by atoms with van der Waals surface area (Å²) in [6, 6.07) is 4.88. The first-order chi connectivity index (χ1) is 7.19. The lowest BCUT2D eigenvalue weighted by Gasteiger charge is -2.04.